The summed E-state index contributed by atoms with van der Waals surface area (Å²) >= 11 is 0. The van der Waals surface area contributed by atoms with Crippen LogP contribution in [0.25, 0.3) is 0 Å². The van der Waals surface area contributed by atoms with Gasteiger partial charge in [0.05, 0.1) is 0 Å². The Hall–Kier alpha value is -1.44. The zero-order chi connectivity index (χ0) is 18.2. The van der Waals surface area contributed by atoms with Gasteiger partial charge in [0.25, 0.3) is 0 Å². The van der Waals surface area contributed by atoms with Gasteiger partial charge >= 0.3 is 0 Å². The molecule has 2 aliphatic rings. The molecule has 3 rings (SSSR count). The number of benzene rings is 1. The van der Waals surface area contributed by atoms with E-state index in [-0.39, 0.29) is 11.8 Å². The highest BCUT2D eigenvalue weighted by Gasteiger charge is 2.21. The Balaban J connectivity index is 1.51. The van der Waals surface area contributed by atoms with Crippen molar-refractivity contribution in [3.05, 3.63) is 35.4 Å². The number of hydrogen-bond acceptors (Lipinski definition) is 2. The standard InChI is InChI=1S/C24H34O2/c25-23(21-9-5-1-2-6-10-21)17-19-13-15-20(16-14-19)18-24(26)22-11-7-3-4-8-12-22/h13-16,21-22H,1-12,17-18H2. The van der Waals surface area contributed by atoms with Crippen molar-refractivity contribution in [2.75, 3.05) is 0 Å². The highest BCUT2D eigenvalue weighted by Crippen LogP contribution is 2.26. The van der Waals surface area contributed by atoms with Gasteiger partial charge < -0.3 is 0 Å². The lowest BCUT2D eigenvalue weighted by Gasteiger charge is -2.14. The Bertz CT molecular complexity index is 518. The van der Waals surface area contributed by atoms with Gasteiger partial charge in [0.1, 0.15) is 11.6 Å². The molecule has 2 aliphatic carbocycles. The predicted molar refractivity (Wildman–Crippen MR) is 106 cm³/mol. The molecule has 0 heterocycles. The number of carbonyl (C=O) groups is 2. The van der Waals surface area contributed by atoms with Gasteiger partial charge in [-0.1, -0.05) is 75.6 Å². The predicted octanol–water partition coefficient (Wildman–Crippen LogP) is 5.85. The van der Waals surface area contributed by atoms with Crippen LogP contribution >= 0.6 is 0 Å². The quantitative estimate of drug-likeness (QED) is 0.600. The van der Waals surface area contributed by atoms with Gasteiger partial charge in [0.2, 0.25) is 0 Å². The molecular weight excluding hydrogens is 320 g/mol. The molecule has 142 valence electrons. The maximum Gasteiger partial charge on any atom is 0.140 e. The summed E-state index contributed by atoms with van der Waals surface area (Å²) in [4.78, 5) is 25.1. The van der Waals surface area contributed by atoms with Crippen LogP contribution in [-0.2, 0) is 22.4 Å². The summed E-state index contributed by atoms with van der Waals surface area (Å²) in [6.45, 7) is 0. The fraction of sp³-hybridized carbons (Fsp3) is 0.667. The summed E-state index contributed by atoms with van der Waals surface area (Å²) in [5.41, 5.74) is 2.20. The summed E-state index contributed by atoms with van der Waals surface area (Å²) < 4.78 is 0. The van der Waals surface area contributed by atoms with Crippen LogP contribution in [0.5, 0.6) is 0 Å². The zero-order valence-electron chi connectivity index (χ0n) is 16.2. The first-order chi connectivity index (χ1) is 12.7. The highest BCUT2D eigenvalue weighted by atomic mass is 16.1. The first kappa shape index (κ1) is 19.3. The third-order valence-electron chi connectivity index (χ3n) is 6.40. The van der Waals surface area contributed by atoms with Crippen molar-refractivity contribution in [2.24, 2.45) is 11.8 Å². The second-order valence-corrected chi connectivity index (χ2v) is 8.48. The molecule has 1 aromatic rings. The molecule has 0 unspecified atom stereocenters. The molecule has 0 aromatic heterocycles. The van der Waals surface area contributed by atoms with Gasteiger partial charge in [-0.25, -0.2) is 0 Å². The smallest absolute Gasteiger partial charge is 0.140 e. The summed E-state index contributed by atoms with van der Waals surface area (Å²) in [7, 11) is 0. The van der Waals surface area contributed by atoms with Gasteiger partial charge in [0, 0.05) is 24.7 Å². The summed E-state index contributed by atoms with van der Waals surface area (Å²) in [6, 6.07) is 8.24. The number of rotatable bonds is 6. The number of carbonyl (C=O) groups excluding carboxylic acids is 2. The van der Waals surface area contributed by atoms with Crippen LogP contribution in [0.2, 0.25) is 0 Å². The van der Waals surface area contributed by atoms with Crippen LogP contribution in [-0.4, -0.2) is 11.6 Å². The molecule has 0 N–H and O–H groups in total. The molecule has 0 radical (unpaired) electrons. The Kier molecular flexibility index (Phi) is 7.46. The minimum Gasteiger partial charge on any atom is -0.299 e. The molecule has 0 bridgehead atoms. The molecule has 1 aromatic carbocycles. The number of hydrogen-bond donors (Lipinski definition) is 0. The maximum absolute atomic E-state index is 12.6. The normalized spacial score (nSPS) is 20.3. The van der Waals surface area contributed by atoms with Gasteiger partial charge in [0.15, 0.2) is 0 Å². The van der Waals surface area contributed by atoms with Crippen LogP contribution in [0.1, 0.15) is 88.2 Å². The van der Waals surface area contributed by atoms with Gasteiger partial charge in [-0.15, -0.1) is 0 Å². The summed E-state index contributed by atoms with van der Waals surface area (Å²) in [5.74, 6) is 1.37. The fourth-order valence-corrected chi connectivity index (χ4v) is 4.67. The summed E-state index contributed by atoms with van der Waals surface area (Å²) in [6.07, 6.45) is 15.4. The van der Waals surface area contributed by atoms with Crippen LogP contribution in [0.15, 0.2) is 24.3 Å². The van der Waals surface area contributed by atoms with Crippen LogP contribution in [0, 0.1) is 11.8 Å². The van der Waals surface area contributed by atoms with E-state index in [2.05, 4.69) is 24.3 Å². The second-order valence-electron chi connectivity index (χ2n) is 8.48. The Morgan fingerprint density at radius 3 is 1.19 bits per heavy atom. The molecule has 2 heteroatoms. The van der Waals surface area contributed by atoms with Crippen molar-refractivity contribution in [1.29, 1.82) is 0 Å². The van der Waals surface area contributed by atoms with Gasteiger partial charge in [-0.05, 0) is 36.8 Å². The summed E-state index contributed by atoms with van der Waals surface area (Å²) in [5, 5.41) is 0. The zero-order valence-corrected chi connectivity index (χ0v) is 16.2. The highest BCUT2D eigenvalue weighted by molar-refractivity contribution is 5.84. The Labute approximate surface area is 158 Å². The fourth-order valence-electron chi connectivity index (χ4n) is 4.67. The van der Waals surface area contributed by atoms with E-state index in [9.17, 15) is 9.59 Å². The van der Waals surface area contributed by atoms with E-state index in [1.165, 1.54) is 51.4 Å². The van der Waals surface area contributed by atoms with Crippen LogP contribution in [0.3, 0.4) is 0 Å². The second kappa shape index (κ2) is 10.0. The minimum atomic E-state index is 0.272. The van der Waals surface area contributed by atoms with Crippen molar-refractivity contribution >= 4 is 11.6 Å². The molecule has 2 nitrogen and oxygen atoms in total. The Morgan fingerprint density at radius 1 is 0.577 bits per heavy atom. The molecule has 0 saturated heterocycles. The van der Waals surface area contributed by atoms with Crippen molar-refractivity contribution in [2.45, 2.75) is 89.9 Å². The van der Waals surface area contributed by atoms with Crippen molar-refractivity contribution in [1.82, 2.24) is 0 Å². The third kappa shape index (κ3) is 5.79. The van der Waals surface area contributed by atoms with E-state index in [1.54, 1.807) is 0 Å². The number of Topliss-reactive ketones (excluding diaryl/α,β-unsaturated/α-hetero) is 2. The lowest BCUT2D eigenvalue weighted by atomic mass is 9.90. The van der Waals surface area contributed by atoms with Crippen molar-refractivity contribution in [3.8, 4) is 0 Å². The Morgan fingerprint density at radius 2 is 0.885 bits per heavy atom. The monoisotopic (exact) mass is 354 g/mol. The average molecular weight is 355 g/mol. The van der Waals surface area contributed by atoms with E-state index in [0.29, 0.717) is 24.4 Å². The van der Waals surface area contributed by atoms with E-state index in [0.717, 1.165) is 36.8 Å². The maximum atomic E-state index is 12.6. The minimum absolute atomic E-state index is 0.272. The first-order valence-corrected chi connectivity index (χ1v) is 10.9. The molecule has 0 amide bonds. The molecular formula is C24H34O2. The van der Waals surface area contributed by atoms with Crippen molar-refractivity contribution < 1.29 is 9.59 Å². The van der Waals surface area contributed by atoms with Gasteiger partial charge in [-0.2, -0.15) is 0 Å². The molecule has 2 saturated carbocycles. The third-order valence-corrected chi connectivity index (χ3v) is 6.40. The van der Waals surface area contributed by atoms with Crippen LogP contribution in [0.4, 0.5) is 0 Å². The molecule has 0 atom stereocenters. The molecule has 26 heavy (non-hydrogen) atoms. The van der Waals surface area contributed by atoms with E-state index in [1.807, 2.05) is 0 Å². The first-order valence-electron chi connectivity index (χ1n) is 10.9. The lowest BCUT2D eigenvalue weighted by molar-refractivity contribution is -0.123. The molecule has 0 spiro atoms. The SMILES string of the molecule is O=C(Cc1ccc(CC(=O)C2CCCCCC2)cc1)C1CCCCCC1. The lowest BCUT2D eigenvalue weighted by Crippen LogP contribution is -2.17. The van der Waals surface area contributed by atoms with Gasteiger partial charge in [-0.3, -0.25) is 9.59 Å². The largest absolute Gasteiger partial charge is 0.299 e. The van der Waals surface area contributed by atoms with Crippen LogP contribution < -0.4 is 0 Å². The molecule has 2 fully saturated rings. The average Bonchev–Trinajstić information content (AvgIpc) is 3.08. The van der Waals surface area contributed by atoms with E-state index >= 15 is 0 Å². The topological polar surface area (TPSA) is 34.1 Å². The number of ketones is 2. The van der Waals surface area contributed by atoms with E-state index < -0.39 is 0 Å². The van der Waals surface area contributed by atoms with E-state index in [4.69, 9.17) is 0 Å². The molecule has 0 aliphatic heterocycles. The van der Waals surface area contributed by atoms with Crippen molar-refractivity contribution in [3.63, 3.8) is 0 Å².